The summed E-state index contributed by atoms with van der Waals surface area (Å²) in [5.41, 5.74) is 1.08. The molecule has 0 bridgehead atoms. The molecule has 7 nitrogen and oxygen atoms in total. The molecule has 0 atom stereocenters. The van der Waals surface area contributed by atoms with Gasteiger partial charge >= 0.3 is 5.97 Å². The Morgan fingerprint density at radius 3 is 2.72 bits per heavy atom. The predicted molar refractivity (Wildman–Crippen MR) is 94.7 cm³/mol. The van der Waals surface area contributed by atoms with Crippen LogP contribution in [0.1, 0.15) is 45.1 Å². The van der Waals surface area contributed by atoms with Gasteiger partial charge in [0.1, 0.15) is 17.5 Å². The van der Waals surface area contributed by atoms with Crippen molar-refractivity contribution in [2.24, 2.45) is 0 Å². The molecule has 1 heterocycles. The monoisotopic (exact) mass is 363 g/mol. The van der Waals surface area contributed by atoms with Gasteiger partial charge < -0.3 is 9.30 Å². The van der Waals surface area contributed by atoms with Crippen LogP contribution in [0.25, 0.3) is 0 Å². The molecule has 8 heteroatoms. The van der Waals surface area contributed by atoms with E-state index in [0.29, 0.717) is 12.4 Å². The third-order valence-electron chi connectivity index (χ3n) is 3.56. The van der Waals surface area contributed by atoms with Crippen LogP contribution >= 0.6 is 11.8 Å². The minimum absolute atomic E-state index is 0.0474. The number of nitro benzene ring substituents is 1. The molecule has 0 unspecified atom stereocenters. The molecule has 0 fully saturated rings. The number of esters is 1. The third-order valence-corrected chi connectivity index (χ3v) is 4.55. The normalized spacial score (nSPS) is 10.9. The molecule has 0 saturated carbocycles. The van der Waals surface area contributed by atoms with Gasteiger partial charge in [-0.1, -0.05) is 31.7 Å². The predicted octanol–water partition coefficient (Wildman–Crippen LogP) is 4.15. The van der Waals surface area contributed by atoms with Crippen LogP contribution in [0.5, 0.6) is 0 Å². The SMILES string of the molecule is CCn1c(COC(C)=O)nc(Sc2cccc([N+](=O)[O-])c2)c1C(C)C. The molecule has 0 radical (unpaired) electrons. The minimum Gasteiger partial charge on any atom is -0.458 e. The zero-order valence-electron chi connectivity index (χ0n) is 14.7. The molecule has 1 aromatic heterocycles. The quantitative estimate of drug-likeness (QED) is 0.417. The van der Waals surface area contributed by atoms with E-state index in [-0.39, 0.29) is 24.2 Å². The molecule has 2 rings (SSSR count). The van der Waals surface area contributed by atoms with Crippen molar-refractivity contribution in [1.82, 2.24) is 9.55 Å². The highest BCUT2D eigenvalue weighted by Gasteiger charge is 2.21. The maximum absolute atomic E-state index is 11.1. The molecule has 0 spiro atoms. The first-order chi connectivity index (χ1) is 11.8. The summed E-state index contributed by atoms with van der Waals surface area (Å²) in [5.74, 6) is 0.527. The van der Waals surface area contributed by atoms with Gasteiger partial charge in [-0.25, -0.2) is 4.98 Å². The first kappa shape index (κ1) is 19.0. The maximum Gasteiger partial charge on any atom is 0.303 e. The van der Waals surface area contributed by atoms with Crippen LogP contribution in [0.3, 0.4) is 0 Å². The molecule has 1 aromatic carbocycles. The second-order valence-corrected chi connectivity index (χ2v) is 6.82. The summed E-state index contributed by atoms with van der Waals surface area (Å²) in [5, 5.41) is 11.7. The number of ether oxygens (including phenoxy) is 1. The van der Waals surface area contributed by atoms with E-state index in [1.54, 1.807) is 6.07 Å². The highest BCUT2D eigenvalue weighted by molar-refractivity contribution is 7.99. The lowest BCUT2D eigenvalue weighted by atomic mass is 10.1. The summed E-state index contributed by atoms with van der Waals surface area (Å²) in [6, 6.07) is 6.47. The van der Waals surface area contributed by atoms with Crippen molar-refractivity contribution >= 4 is 23.4 Å². The van der Waals surface area contributed by atoms with Crippen molar-refractivity contribution in [1.29, 1.82) is 0 Å². The molecular weight excluding hydrogens is 342 g/mol. The number of aromatic nitrogens is 2. The molecule has 134 valence electrons. The van der Waals surface area contributed by atoms with Gasteiger partial charge in [-0.15, -0.1) is 0 Å². The third kappa shape index (κ3) is 4.60. The van der Waals surface area contributed by atoms with Gasteiger partial charge in [0, 0.05) is 30.5 Å². The smallest absolute Gasteiger partial charge is 0.303 e. The van der Waals surface area contributed by atoms with Crippen molar-refractivity contribution in [2.75, 3.05) is 0 Å². The Morgan fingerprint density at radius 2 is 2.16 bits per heavy atom. The fraction of sp³-hybridized carbons (Fsp3) is 0.412. The maximum atomic E-state index is 11.1. The number of nitrogens with zero attached hydrogens (tertiary/aromatic N) is 3. The average Bonchev–Trinajstić information content (AvgIpc) is 2.90. The topological polar surface area (TPSA) is 87.3 Å². The van der Waals surface area contributed by atoms with E-state index in [1.165, 1.54) is 30.8 Å². The molecule has 0 N–H and O–H groups in total. The number of rotatable bonds is 7. The van der Waals surface area contributed by atoms with Crippen molar-refractivity contribution < 1.29 is 14.5 Å². The van der Waals surface area contributed by atoms with Crippen LogP contribution in [0.4, 0.5) is 5.69 Å². The summed E-state index contributed by atoms with van der Waals surface area (Å²) < 4.78 is 7.13. The van der Waals surface area contributed by atoms with Crippen LogP contribution in [0, 0.1) is 10.1 Å². The van der Waals surface area contributed by atoms with Crippen LogP contribution < -0.4 is 0 Å². The van der Waals surface area contributed by atoms with Gasteiger partial charge in [0.25, 0.3) is 5.69 Å². The van der Waals surface area contributed by atoms with Crippen LogP contribution in [0.15, 0.2) is 34.2 Å². The van der Waals surface area contributed by atoms with Gasteiger partial charge in [0.15, 0.2) is 0 Å². The number of imidazole rings is 1. The van der Waals surface area contributed by atoms with Gasteiger partial charge in [-0.2, -0.15) is 0 Å². The Hall–Kier alpha value is -2.35. The first-order valence-corrected chi connectivity index (χ1v) is 8.80. The zero-order chi connectivity index (χ0) is 18.6. The highest BCUT2D eigenvalue weighted by atomic mass is 32.2. The minimum atomic E-state index is -0.413. The fourth-order valence-corrected chi connectivity index (χ4v) is 3.68. The van der Waals surface area contributed by atoms with Crippen LogP contribution in [-0.2, 0) is 22.7 Å². The molecule has 2 aromatic rings. The molecular formula is C17H21N3O4S. The van der Waals surface area contributed by atoms with E-state index in [9.17, 15) is 14.9 Å². The number of benzene rings is 1. The zero-order valence-corrected chi connectivity index (χ0v) is 15.5. The standard InChI is InChI=1S/C17H21N3O4S/c1-5-19-15(10-24-12(4)21)18-17(16(19)11(2)3)25-14-8-6-7-13(9-14)20(22)23/h6-9,11H,5,10H2,1-4H3. The van der Waals surface area contributed by atoms with E-state index >= 15 is 0 Å². The summed E-state index contributed by atoms with van der Waals surface area (Å²) in [7, 11) is 0. The van der Waals surface area contributed by atoms with Gasteiger partial charge in [0.2, 0.25) is 0 Å². The molecule has 25 heavy (non-hydrogen) atoms. The number of hydrogen-bond donors (Lipinski definition) is 0. The molecule has 0 saturated heterocycles. The van der Waals surface area contributed by atoms with Crippen molar-refractivity contribution in [3.05, 3.63) is 45.9 Å². The van der Waals surface area contributed by atoms with Crippen LogP contribution in [0.2, 0.25) is 0 Å². The molecule has 0 aliphatic rings. The fourth-order valence-electron chi connectivity index (χ4n) is 2.52. The summed E-state index contributed by atoms with van der Waals surface area (Å²) in [4.78, 5) is 27.0. The first-order valence-electron chi connectivity index (χ1n) is 7.98. The number of nitro groups is 1. The van der Waals surface area contributed by atoms with E-state index < -0.39 is 4.92 Å². The van der Waals surface area contributed by atoms with Gasteiger partial charge in [-0.3, -0.25) is 14.9 Å². The summed E-state index contributed by atoms with van der Waals surface area (Å²) >= 11 is 1.38. The van der Waals surface area contributed by atoms with Crippen molar-refractivity contribution in [2.45, 2.75) is 56.7 Å². The largest absolute Gasteiger partial charge is 0.458 e. The number of carbonyl (C=O) groups is 1. The Balaban J connectivity index is 2.40. The lowest BCUT2D eigenvalue weighted by molar-refractivity contribution is -0.385. The Labute approximate surface area is 150 Å². The second kappa shape index (κ2) is 8.15. The average molecular weight is 363 g/mol. The van der Waals surface area contributed by atoms with E-state index in [0.717, 1.165) is 15.6 Å². The Bertz CT molecular complexity index is 786. The van der Waals surface area contributed by atoms with Gasteiger partial charge in [0.05, 0.1) is 10.6 Å². The summed E-state index contributed by atoms with van der Waals surface area (Å²) in [6.45, 7) is 8.31. The van der Waals surface area contributed by atoms with Crippen molar-refractivity contribution in [3.8, 4) is 0 Å². The molecule has 0 amide bonds. The van der Waals surface area contributed by atoms with Crippen LogP contribution in [-0.4, -0.2) is 20.4 Å². The Kier molecular flexibility index (Phi) is 6.19. The number of non-ortho nitro benzene ring substituents is 1. The highest BCUT2D eigenvalue weighted by Crippen LogP contribution is 2.35. The van der Waals surface area contributed by atoms with E-state index in [1.807, 2.05) is 17.6 Å². The van der Waals surface area contributed by atoms with E-state index in [4.69, 9.17) is 4.74 Å². The number of hydrogen-bond acceptors (Lipinski definition) is 6. The molecule has 0 aliphatic heterocycles. The second-order valence-electron chi connectivity index (χ2n) is 5.75. The molecule has 0 aliphatic carbocycles. The lowest BCUT2D eigenvalue weighted by Crippen LogP contribution is -2.10. The lowest BCUT2D eigenvalue weighted by Gasteiger charge is -2.13. The number of carbonyl (C=O) groups excluding carboxylic acids is 1. The van der Waals surface area contributed by atoms with Crippen molar-refractivity contribution in [3.63, 3.8) is 0 Å². The van der Waals surface area contributed by atoms with E-state index in [2.05, 4.69) is 18.8 Å². The Morgan fingerprint density at radius 1 is 1.44 bits per heavy atom. The van der Waals surface area contributed by atoms with Gasteiger partial charge in [-0.05, 0) is 18.9 Å². The summed E-state index contributed by atoms with van der Waals surface area (Å²) in [6.07, 6.45) is 0.